The molecule has 0 saturated carbocycles. The van der Waals surface area contributed by atoms with Crippen LogP contribution in [0.25, 0.3) is 16.8 Å². The summed E-state index contributed by atoms with van der Waals surface area (Å²) in [5.41, 5.74) is 0.398. The Morgan fingerprint density at radius 1 is 1.18 bits per heavy atom. The molecule has 0 amide bonds. The largest absolute Gasteiger partial charge is 0.478 e. The molecule has 2 aromatic carbocycles. The number of aromatic nitrogens is 4. The Hall–Kier alpha value is -3.16. The highest BCUT2D eigenvalue weighted by atomic mass is 19.2. The first kappa shape index (κ1) is 13.8. The number of nitrogens with zero attached hydrogens (tertiary/aromatic N) is 4. The van der Waals surface area contributed by atoms with Gasteiger partial charge in [0.25, 0.3) is 0 Å². The maximum absolute atomic E-state index is 13.9. The van der Waals surface area contributed by atoms with E-state index in [2.05, 4.69) is 15.5 Å². The van der Waals surface area contributed by atoms with E-state index < -0.39 is 17.6 Å². The smallest absolute Gasteiger partial charge is 0.335 e. The molecule has 110 valence electrons. The van der Waals surface area contributed by atoms with Crippen LogP contribution in [0.5, 0.6) is 0 Å². The minimum Gasteiger partial charge on any atom is -0.478 e. The Morgan fingerprint density at radius 2 is 2.00 bits per heavy atom. The Morgan fingerprint density at radius 3 is 2.68 bits per heavy atom. The van der Waals surface area contributed by atoms with Crippen molar-refractivity contribution in [2.75, 3.05) is 0 Å². The first-order valence-corrected chi connectivity index (χ1v) is 6.12. The molecule has 0 radical (unpaired) electrons. The number of carboxylic acid groups (broad SMARTS) is 1. The van der Waals surface area contributed by atoms with Gasteiger partial charge in [0.2, 0.25) is 0 Å². The quantitative estimate of drug-likeness (QED) is 0.803. The fraction of sp³-hybridized carbons (Fsp3) is 0. The zero-order chi connectivity index (χ0) is 15.7. The van der Waals surface area contributed by atoms with Crippen molar-refractivity contribution in [2.24, 2.45) is 0 Å². The van der Waals surface area contributed by atoms with Crippen molar-refractivity contribution < 1.29 is 18.7 Å². The number of tetrazole rings is 1. The first-order valence-electron chi connectivity index (χ1n) is 6.12. The van der Waals surface area contributed by atoms with E-state index in [1.54, 1.807) is 0 Å². The van der Waals surface area contributed by atoms with Crippen molar-refractivity contribution in [1.82, 2.24) is 20.2 Å². The van der Waals surface area contributed by atoms with Crippen LogP contribution in [0.3, 0.4) is 0 Å². The summed E-state index contributed by atoms with van der Waals surface area (Å²) in [6, 6.07) is 7.76. The number of carboxylic acids is 1. The Labute approximate surface area is 122 Å². The van der Waals surface area contributed by atoms with Gasteiger partial charge >= 0.3 is 5.97 Å². The molecule has 22 heavy (non-hydrogen) atoms. The van der Waals surface area contributed by atoms with Crippen molar-refractivity contribution in [2.45, 2.75) is 0 Å². The Kier molecular flexibility index (Phi) is 3.34. The predicted octanol–water partition coefficient (Wildman–Crippen LogP) is 2.31. The van der Waals surface area contributed by atoms with Crippen molar-refractivity contribution in [1.29, 1.82) is 0 Å². The predicted molar refractivity (Wildman–Crippen MR) is 71.5 cm³/mol. The zero-order valence-corrected chi connectivity index (χ0v) is 10.9. The molecule has 0 unspecified atom stereocenters. The molecule has 8 heteroatoms. The second-order valence-corrected chi connectivity index (χ2v) is 4.43. The van der Waals surface area contributed by atoms with Crippen LogP contribution in [-0.4, -0.2) is 31.3 Å². The number of hydrogen-bond acceptors (Lipinski definition) is 4. The van der Waals surface area contributed by atoms with Gasteiger partial charge in [-0.15, -0.1) is 5.10 Å². The van der Waals surface area contributed by atoms with Gasteiger partial charge in [-0.3, -0.25) is 0 Å². The fourth-order valence-corrected chi connectivity index (χ4v) is 2.03. The third-order valence-electron chi connectivity index (χ3n) is 3.04. The van der Waals surface area contributed by atoms with Crippen LogP contribution in [0.1, 0.15) is 10.4 Å². The lowest BCUT2D eigenvalue weighted by atomic mass is 10.0. The lowest BCUT2D eigenvalue weighted by molar-refractivity contribution is 0.0697. The number of aromatic carboxylic acids is 1. The number of rotatable bonds is 3. The maximum atomic E-state index is 13.9. The van der Waals surface area contributed by atoms with Crippen LogP contribution >= 0.6 is 0 Å². The van der Waals surface area contributed by atoms with Gasteiger partial charge in [0, 0.05) is 5.56 Å². The van der Waals surface area contributed by atoms with Crippen molar-refractivity contribution in [3.05, 3.63) is 59.9 Å². The Bertz CT molecular complexity index is 850. The molecule has 1 aromatic heterocycles. The van der Waals surface area contributed by atoms with Crippen LogP contribution in [0.4, 0.5) is 8.78 Å². The molecule has 0 fully saturated rings. The molecule has 0 bridgehead atoms. The minimum absolute atomic E-state index is 0.0441. The summed E-state index contributed by atoms with van der Waals surface area (Å²) in [5.74, 6) is -3.26. The maximum Gasteiger partial charge on any atom is 0.335 e. The zero-order valence-electron chi connectivity index (χ0n) is 10.9. The third kappa shape index (κ3) is 2.41. The lowest BCUT2D eigenvalue weighted by Gasteiger charge is -2.08. The number of carbonyl (C=O) groups is 1. The molecule has 0 aliphatic rings. The molecule has 6 nitrogen and oxygen atoms in total. The van der Waals surface area contributed by atoms with Crippen LogP contribution in [0, 0.1) is 11.6 Å². The first-order chi connectivity index (χ1) is 10.6. The van der Waals surface area contributed by atoms with E-state index in [-0.39, 0.29) is 16.7 Å². The second-order valence-electron chi connectivity index (χ2n) is 4.43. The molecule has 3 rings (SSSR count). The highest BCUT2D eigenvalue weighted by molar-refractivity contribution is 5.90. The van der Waals surface area contributed by atoms with Gasteiger partial charge in [-0.2, -0.15) is 0 Å². The highest BCUT2D eigenvalue weighted by Gasteiger charge is 2.14. The average molecular weight is 302 g/mol. The fourth-order valence-electron chi connectivity index (χ4n) is 2.03. The van der Waals surface area contributed by atoms with Crippen LogP contribution < -0.4 is 0 Å². The number of hydrogen-bond donors (Lipinski definition) is 1. The van der Waals surface area contributed by atoms with Gasteiger partial charge in [-0.25, -0.2) is 18.3 Å². The minimum atomic E-state index is -1.20. The van der Waals surface area contributed by atoms with E-state index in [1.807, 2.05) is 0 Å². The van der Waals surface area contributed by atoms with Crippen molar-refractivity contribution in [3.8, 4) is 16.8 Å². The molecule has 0 aliphatic heterocycles. The van der Waals surface area contributed by atoms with Crippen LogP contribution in [0.2, 0.25) is 0 Å². The summed E-state index contributed by atoms with van der Waals surface area (Å²) >= 11 is 0. The summed E-state index contributed by atoms with van der Waals surface area (Å²) in [6.45, 7) is 0. The van der Waals surface area contributed by atoms with E-state index in [1.165, 1.54) is 41.3 Å². The summed E-state index contributed by atoms with van der Waals surface area (Å²) in [5, 5.41) is 19.7. The summed E-state index contributed by atoms with van der Waals surface area (Å²) in [4.78, 5) is 11.2. The van der Waals surface area contributed by atoms with Gasteiger partial charge < -0.3 is 5.11 Å². The lowest BCUT2D eigenvalue weighted by Crippen LogP contribution is -2.02. The molecule has 1 heterocycles. The molecule has 3 aromatic rings. The molecule has 0 aliphatic carbocycles. The van der Waals surface area contributed by atoms with Crippen LogP contribution in [0.15, 0.2) is 42.7 Å². The monoisotopic (exact) mass is 302 g/mol. The van der Waals surface area contributed by atoms with E-state index >= 15 is 0 Å². The molecule has 0 spiro atoms. The SMILES string of the molecule is O=C(O)c1cc(-c2cccc(F)c2F)cc(-n2cnnn2)c1. The second kappa shape index (κ2) is 5.32. The van der Waals surface area contributed by atoms with Gasteiger partial charge in [-0.05, 0) is 40.3 Å². The van der Waals surface area contributed by atoms with E-state index in [9.17, 15) is 18.7 Å². The van der Waals surface area contributed by atoms with E-state index in [0.717, 1.165) is 6.07 Å². The topological polar surface area (TPSA) is 80.9 Å². The van der Waals surface area contributed by atoms with Crippen molar-refractivity contribution >= 4 is 5.97 Å². The normalized spacial score (nSPS) is 10.6. The summed E-state index contributed by atoms with van der Waals surface area (Å²) in [6.07, 6.45) is 1.27. The Balaban J connectivity index is 2.23. The van der Waals surface area contributed by atoms with Gasteiger partial charge in [0.05, 0.1) is 11.3 Å². The molecular formula is C14H8F2N4O2. The van der Waals surface area contributed by atoms with Gasteiger partial charge in [-0.1, -0.05) is 12.1 Å². The standard InChI is InChI=1S/C14H8F2N4O2/c15-12-3-1-2-11(13(12)16)8-4-9(14(21)22)6-10(5-8)20-7-17-18-19-20/h1-7H,(H,21,22). The summed E-state index contributed by atoms with van der Waals surface area (Å²) < 4.78 is 28.5. The molecule has 1 N–H and O–H groups in total. The van der Waals surface area contributed by atoms with Gasteiger partial charge in [0.15, 0.2) is 11.6 Å². The number of benzene rings is 2. The van der Waals surface area contributed by atoms with Crippen molar-refractivity contribution in [3.63, 3.8) is 0 Å². The average Bonchev–Trinajstić information content (AvgIpc) is 3.04. The molecular weight excluding hydrogens is 294 g/mol. The molecule has 0 saturated heterocycles. The number of halogens is 2. The third-order valence-corrected chi connectivity index (χ3v) is 3.04. The molecule has 0 atom stereocenters. The van der Waals surface area contributed by atoms with Gasteiger partial charge in [0.1, 0.15) is 6.33 Å². The van der Waals surface area contributed by atoms with E-state index in [0.29, 0.717) is 5.69 Å². The summed E-state index contributed by atoms with van der Waals surface area (Å²) in [7, 11) is 0. The van der Waals surface area contributed by atoms with Crippen LogP contribution in [-0.2, 0) is 0 Å². The van der Waals surface area contributed by atoms with E-state index in [4.69, 9.17) is 0 Å². The highest BCUT2D eigenvalue weighted by Crippen LogP contribution is 2.27.